The molecule has 2 saturated carbocycles. The molecule has 5 aliphatic carbocycles. The lowest BCUT2D eigenvalue weighted by Gasteiger charge is -2.56. The topological polar surface area (TPSA) is 284 Å². The quantitative estimate of drug-likeness (QED) is 0.0211. The number of fused-ring (bicyclic) bond motifs is 6. The molecule has 0 aromatic heterocycles. The summed E-state index contributed by atoms with van der Waals surface area (Å²) in [6.45, 7) is 17.3. The largest absolute Gasteiger partial charge is 0.508 e. The number of nitrogens with one attached hydrogen (secondary N) is 6. The highest BCUT2D eigenvalue weighted by Gasteiger charge is 2.58. The summed E-state index contributed by atoms with van der Waals surface area (Å²) in [5.74, 6) is 3.85. The van der Waals surface area contributed by atoms with Crippen LogP contribution in [-0.4, -0.2) is 143 Å². The number of benzene rings is 2. The molecule has 2 aromatic carbocycles. The van der Waals surface area contributed by atoms with Gasteiger partial charge in [-0.2, -0.15) is 0 Å². The highest BCUT2D eigenvalue weighted by molar-refractivity contribution is 6.01. The smallest absolute Gasteiger partial charge is 0.246 e. The van der Waals surface area contributed by atoms with Gasteiger partial charge in [0.1, 0.15) is 30.5 Å². The van der Waals surface area contributed by atoms with E-state index >= 15 is 0 Å². The molecule has 2 aromatic rings. The van der Waals surface area contributed by atoms with Gasteiger partial charge in [0.2, 0.25) is 41.4 Å². The van der Waals surface area contributed by atoms with E-state index < -0.39 is 52.1 Å². The van der Waals surface area contributed by atoms with Gasteiger partial charge in [-0.05, 0) is 172 Å². The fraction of sp³-hybridized carbons (Fsp3) is 0.696. The first kappa shape index (κ1) is 70.5. The van der Waals surface area contributed by atoms with Crippen LogP contribution >= 0.6 is 0 Å². The van der Waals surface area contributed by atoms with Crippen LogP contribution in [0.3, 0.4) is 0 Å². The minimum Gasteiger partial charge on any atom is -0.508 e. The average Bonchev–Trinajstić information content (AvgIpc) is 0.745. The van der Waals surface area contributed by atoms with Gasteiger partial charge in [0.25, 0.3) is 0 Å². The van der Waals surface area contributed by atoms with Gasteiger partial charge in [0.15, 0.2) is 0 Å². The summed E-state index contributed by atoms with van der Waals surface area (Å²) in [7, 11) is 0. The molecular weight excluding hydrogens is 1130 g/mol. The maximum atomic E-state index is 14.8. The third-order valence-corrected chi connectivity index (χ3v) is 19.9. The number of aromatic hydroxyl groups is 1. The lowest BCUT2D eigenvalue weighted by molar-refractivity contribution is -0.150. The van der Waals surface area contributed by atoms with E-state index in [1.54, 1.807) is 26.8 Å². The summed E-state index contributed by atoms with van der Waals surface area (Å²) in [4.78, 5) is 94.5. The lowest BCUT2D eigenvalue weighted by Crippen LogP contribution is -2.60. The van der Waals surface area contributed by atoms with Crippen LogP contribution in [0.15, 0.2) is 36.4 Å². The predicted molar refractivity (Wildman–Crippen MR) is 339 cm³/mol. The number of anilines is 1. The number of hydrogen-bond donors (Lipinski definition) is 8. The molecule has 0 heterocycles. The molecule has 1 unspecified atom stereocenters. The summed E-state index contributed by atoms with van der Waals surface area (Å²) in [6, 6.07) is 8.74. The number of amides is 7. The number of ether oxygens (including phenoxy) is 5. The Bertz CT molecular complexity index is 2820. The minimum atomic E-state index is -0.957. The standard InChI is InChI=1S/C69H103N7O13/c1-46(2)60(75-62(81)55(70)19-13-14-33-71-58(78)28-35-85-37-39-87-41-42-88-40-38-86-36-34-72-59(79)45-89-52-17-11-9-8-10-12-18-52)63(82)73-47(3)61(80)74-50-24-20-48-22-26-56-66(4,53(48)43-50)29-15-31-68(56,6)64(83)76-65(84)69(7)32-16-30-67(5)54-44-51(77)25-21-49(54)23-27-57(67)69/h20-21,24-25,43-44,46-47,52,55-57,60,77H,8-11,13-17,19,22-23,26-42,45,70H2,1-7H3,(H,71,78)(H,72,79)(H,73,82)(H,74,80)(H,75,81)(H,76,83,84)/t47-,52?,55+,56+,57+,60-,66+,67+,68-,69-/m0/s1. The van der Waals surface area contributed by atoms with E-state index in [0.29, 0.717) is 97.1 Å². The molecule has 0 spiro atoms. The first-order valence-corrected chi connectivity index (χ1v) is 33.0. The highest BCUT2D eigenvalue weighted by Crippen LogP contribution is 2.60. The van der Waals surface area contributed by atoms with Crippen LogP contribution in [0.5, 0.6) is 5.75 Å². The molecule has 7 amide bonds. The number of phenolic OH excluding ortho intramolecular Hbond substituents is 1. The zero-order valence-corrected chi connectivity index (χ0v) is 54.1. The van der Waals surface area contributed by atoms with Crippen LogP contribution in [0, 0.1) is 40.4 Å². The van der Waals surface area contributed by atoms with Gasteiger partial charge in [-0.1, -0.05) is 78.9 Å². The Morgan fingerprint density at radius 3 is 1.84 bits per heavy atom. The molecule has 0 saturated heterocycles. The van der Waals surface area contributed by atoms with Gasteiger partial charge >= 0.3 is 0 Å². The van der Waals surface area contributed by atoms with Crippen molar-refractivity contribution >= 4 is 47.0 Å². The summed E-state index contributed by atoms with van der Waals surface area (Å²) in [5, 5.41) is 27.7. The molecule has 10 atom stereocenters. The SMILES string of the molecule is CC(C)[C@H](NC(=O)[C@H](N)CCCCNC(=O)CCOCCOCCOCCOCCNC(=O)COC1C#CCCCCC1)C(=O)N[C@@H](C)C(=O)Nc1ccc2c(c1)[C@@]1(C)CCC[C@](C)(C(=O)NC(=O)[C@@]3(C)CCC[C@]4(C)c5cc(O)ccc5CC[C@@H]34)[C@@H]1CC2. The van der Waals surface area contributed by atoms with Crippen molar-refractivity contribution < 1.29 is 62.4 Å². The molecule has 5 aliphatic rings. The Morgan fingerprint density at radius 2 is 1.21 bits per heavy atom. The van der Waals surface area contributed by atoms with Crippen LogP contribution in [0.4, 0.5) is 5.69 Å². The molecular formula is C69H103N7O13. The van der Waals surface area contributed by atoms with E-state index in [0.717, 1.165) is 100 Å². The van der Waals surface area contributed by atoms with Crippen molar-refractivity contribution in [3.63, 3.8) is 0 Å². The molecule has 0 aliphatic heterocycles. The number of carbonyl (C=O) groups is 7. The zero-order chi connectivity index (χ0) is 64.2. The van der Waals surface area contributed by atoms with Gasteiger partial charge in [-0.3, -0.25) is 38.9 Å². The number of aryl methyl sites for hydroxylation is 2. The van der Waals surface area contributed by atoms with Crippen molar-refractivity contribution in [3.8, 4) is 17.6 Å². The van der Waals surface area contributed by atoms with Crippen molar-refractivity contribution in [2.75, 3.05) is 77.9 Å². The highest BCUT2D eigenvalue weighted by atomic mass is 16.6. The van der Waals surface area contributed by atoms with E-state index in [1.807, 2.05) is 44.2 Å². The molecule has 2 fully saturated rings. The molecule has 7 rings (SSSR count). The second-order valence-corrected chi connectivity index (χ2v) is 26.7. The Labute approximate surface area is 527 Å². The fourth-order valence-electron chi connectivity index (χ4n) is 14.8. The van der Waals surface area contributed by atoms with Gasteiger partial charge < -0.3 is 61.1 Å². The summed E-state index contributed by atoms with van der Waals surface area (Å²) in [6.07, 6.45) is 14.5. The Kier molecular flexibility index (Phi) is 26.5. The van der Waals surface area contributed by atoms with Crippen LogP contribution in [-0.2, 0) is 80.9 Å². The second kappa shape index (κ2) is 33.4. The van der Waals surface area contributed by atoms with Crippen LogP contribution < -0.4 is 37.6 Å². The minimum absolute atomic E-state index is 0.0109. The molecule has 9 N–H and O–H groups in total. The second-order valence-electron chi connectivity index (χ2n) is 26.7. The van der Waals surface area contributed by atoms with Crippen molar-refractivity contribution in [3.05, 3.63) is 58.7 Å². The van der Waals surface area contributed by atoms with Crippen LogP contribution in [0.25, 0.3) is 0 Å². The predicted octanol–water partition coefficient (Wildman–Crippen LogP) is 6.88. The number of nitrogens with two attached hydrogens (primary N) is 1. The van der Waals surface area contributed by atoms with Gasteiger partial charge in [-0.15, -0.1) is 5.92 Å². The van der Waals surface area contributed by atoms with Gasteiger partial charge in [0, 0.05) is 31.6 Å². The number of carbonyl (C=O) groups excluding carboxylic acids is 7. The maximum absolute atomic E-state index is 14.8. The number of hydrogen-bond acceptors (Lipinski definition) is 14. The van der Waals surface area contributed by atoms with Gasteiger partial charge in [0.05, 0.1) is 69.7 Å². The lowest BCUT2D eigenvalue weighted by atomic mass is 9.49. The molecule has 492 valence electrons. The third-order valence-electron chi connectivity index (χ3n) is 19.9. The Hall–Kier alpha value is -5.95. The van der Waals surface area contributed by atoms with Crippen molar-refractivity contribution in [1.82, 2.24) is 26.6 Å². The van der Waals surface area contributed by atoms with E-state index in [-0.39, 0.29) is 78.3 Å². The summed E-state index contributed by atoms with van der Waals surface area (Å²) in [5.41, 5.74) is 9.13. The number of phenols is 1. The Morgan fingerprint density at radius 1 is 0.629 bits per heavy atom. The number of rotatable bonds is 32. The average molecular weight is 1240 g/mol. The van der Waals surface area contributed by atoms with Crippen molar-refractivity contribution in [2.45, 2.75) is 206 Å². The third kappa shape index (κ3) is 18.8. The molecule has 0 bridgehead atoms. The monoisotopic (exact) mass is 1240 g/mol. The van der Waals surface area contributed by atoms with Crippen LogP contribution in [0.2, 0.25) is 0 Å². The van der Waals surface area contributed by atoms with E-state index in [2.05, 4.69) is 57.6 Å². The van der Waals surface area contributed by atoms with Crippen molar-refractivity contribution in [1.29, 1.82) is 0 Å². The van der Waals surface area contributed by atoms with E-state index in [1.165, 1.54) is 5.56 Å². The van der Waals surface area contributed by atoms with Gasteiger partial charge in [-0.25, -0.2) is 0 Å². The molecule has 20 nitrogen and oxygen atoms in total. The summed E-state index contributed by atoms with van der Waals surface area (Å²) < 4.78 is 27.7. The first-order valence-electron chi connectivity index (χ1n) is 33.0. The Balaban J connectivity index is 0.744. The van der Waals surface area contributed by atoms with Crippen molar-refractivity contribution in [2.24, 2.45) is 34.3 Å². The number of unbranched alkanes of at least 4 members (excludes halogenated alkanes) is 1. The van der Waals surface area contributed by atoms with E-state index in [9.17, 15) is 38.7 Å². The molecule has 20 heteroatoms. The summed E-state index contributed by atoms with van der Waals surface area (Å²) >= 11 is 0. The zero-order valence-electron chi connectivity index (χ0n) is 54.1. The molecule has 89 heavy (non-hydrogen) atoms. The number of imide groups is 1. The van der Waals surface area contributed by atoms with Crippen LogP contribution in [0.1, 0.15) is 180 Å². The maximum Gasteiger partial charge on any atom is 0.246 e. The van der Waals surface area contributed by atoms with E-state index in [4.69, 9.17) is 29.4 Å². The normalized spacial score (nSPS) is 25.5. The fourth-order valence-corrected chi connectivity index (χ4v) is 14.8. The molecule has 0 radical (unpaired) electrons. The first-order chi connectivity index (χ1) is 42.6.